The third-order valence-corrected chi connectivity index (χ3v) is 7.00. The second kappa shape index (κ2) is 12.2. The van der Waals surface area contributed by atoms with Gasteiger partial charge in [-0.2, -0.15) is 5.10 Å². The monoisotopic (exact) mass is 574 g/mol. The molecule has 0 unspecified atom stereocenters. The Morgan fingerprint density at radius 1 is 1.02 bits per heavy atom. The highest BCUT2D eigenvalue weighted by atomic mass is 35.5. The maximum absolute atomic E-state index is 12.8. The van der Waals surface area contributed by atoms with Crippen LogP contribution in [0.3, 0.4) is 0 Å². The minimum atomic E-state index is -0.441. The number of hydroxylamine groups is 1. The van der Waals surface area contributed by atoms with Crippen LogP contribution in [0.25, 0.3) is 28.4 Å². The van der Waals surface area contributed by atoms with Gasteiger partial charge in [-0.05, 0) is 48.4 Å². The van der Waals surface area contributed by atoms with Crippen LogP contribution < -0.4 is 10.8 Å². The minimum Gasteiger partial charge on any atom is -0.326 e. The number of halogens is 2. The molecule has 0 saturated carbocycles. The van der Waals surface area contributed by atoms with Crippen molar-refractivity contribution in [3.05, 3.63) is 106 Å². The first-order chi connectivity index (χ1) is 19.4. The van der Waals surface area contributed by atoms with Gasteiger partial charge in [-0.15, -0.1) is 0 Å². The summed E-state index contributed by atoms with van der Waals surface area (Å²) in [7, 11) is 0. The number of amides is 2. The van der Waals surface area contributed by atoms with Gasteiger partial charge in [0.1, 0.15) is 0 Å². The van der Waals surface area contributed by atoms with Crippen LogP contribution in [0.1, 0.15) is 34.3 Å². The van der Waals surface area contributed by atoms with E-state index in [1.165, 1.54) is 0 Å². The normalized spacial score (nSPS) is 11.3. The van der Waals surface area contributed by atoms with Gasteiger partial charge in [-0.1, -0.05) is 59.6 Å². The molecule has 5 rings (SSSR count). The summed E-state index contributed by atoms with van der Waals surface area (Å²) >= 11 is 12.7. The summed E-state index contributed by atoms with van der Waals surface area (Å²) in [5, 5.41) is 19.8. The van der Waals surface area contributed by atoms with E-state index in [4.69, 9.17) is 28.4 Å². The van der Waals surface area contributed by atoms with Crippen molar-refractivity contribution in [2.75, 3.05) is 5.32 Å². The van der Waals surface area contributed by atoms with E-state index >= 15 is 0 Å². The summed E-state index contributed by atoms with van der Waals surface area (Å²) in [4.78, 5) is 28.3. The number of imidazole rings is 1. The summed E-state index contributed by atoms with van der Waals surface area (Å²) in [6, 6.07) is 20.1. The number of hydrogen-bond acceptors (Lipinski definition) is 5. The Kier molecular flexibility index (Phi) is 8.26. The van der Waals surface area contributed by atoms with Crippen molar-refractivity contribution in [2.45, 2.75) is 19.4 Å². The van der Waals surface area contributed by atoms with Crippen molar-refractivity contribution in [3.8, 4) is 11.3 Å². The minimum absolute atomic E-state index is 0.189. The molecule has 0 fully saturated rings. The molecule has 0 radical (unpaired) electrons. The van der Waals surface area contributed by atoms with Gasteiger partial charge in [-0.25, -0.2) is 10.5 Å². The first-order valence-electron chi connectivity index (χ1n) is 12.4. The molecule has 2 aromatic heterocycles. The van der Waals surface area contributed by atoms with Crippen molar-refractivity contribution < 1.29 is 14.8 Å². The molecule has 11 heteroatoms. The molecule has 0 spiro atoms. The molecule has 4 N–H and O–H groups in total. The Hall–Kier alpha value is -4.44. The number of fused-ring (bicyclic) bond motifs is 1. The summed E-state index contributed by atoms with van der Waals surface area (Å²) in [6.07, 6.45) is 6.10. The van der Waals surface area contributed by atoms with E-state index < -0.39 is 5.91 Å². The zero-order chi connectivity index (χ0) is 28.1. The van der Waals surface area contributed by atoms with Crippen molar-refractivity contribution in [1.29, 1.82) is 0 Å². The summed E-state index contributed by atoms with van der Waals surface area (Å²) < 4.78 is 1.98. The number of carbonyl (C=O) groups is 2. The number of rotatable bonds is 9. The predicted octanol–water partition coefficient (Wildman–Crippen LogP) is 6.33. The second-order valence-electron chi connectivity index (χ2n) is 9.00. The first-order valence-corrected chi connectivity index (χ1v) is 13.1. The first kappa shape index (κ1) is 27.1. The standard InChI is InChI=1S/C29H24Cl2N6O3/c30-22-5-3-6-23(31)21(22)16-37-17-32-24-13-12-20(14-26(24)37)25-15-27(35-34-25)33-29(39)19-10-8-18(9-11-19)4-1-2-7-28(38)36-40/h1,3-6,8-15,17,40H,2,7,16H2,(H,36,38)(H2,33,34,35,39). The van der Waals surface area contributed by atoms with Crippen LogP contribution in [0.15, 0.2) is 79.1 Å². The number of carbonyl (C=O) groups excluding carboxylic acids is 2. The number of hydrogen-bond donors (Lipinski definition) is 4. The van der Waals surface area contributed by atoms with E-state index in [2.05, 4.69) is 20.5 Å². The molecule has 0 saturated heterocycles. The van der Waals surface area contributed by atoms with Crippen LogP contribution in [0, 0.1) is 0 Å². The van der Waals surface area contributed by atoms with E-state index in [0.717, 1.165) is 33.4 Å². The van der Waals surface area contributed by atoms with E-state index in [9.17, 15) is 9.59 Å². The topological polar surface area (TPSA) is 125 Å². The van der Waals surface area contributed by atoms with E-state index in [1.54, 1.807) is 30.0 Å². The SMILES string of the molecule is O=C(CCC=Cc1ccc(C(=O)Nc2cc(-c3ccc4ncn(Cc5c(Cl)cccc5Cl)c4c3)[nH]n2)cc1)NO. The van der Waals surface area contributed by atoms with Crippen LogP contribution in [0.5, 0.6) is 0 Å². The van der Waals surface area contributed by atoms with Crippen LogP contribution >= 0.6 is 23.2 Å². The second-order valence-corrected chi connectivity index (χ2v) is 9.81. The van der Waals surface area contributed by atoms with Gasteiger partial charge in [0.15, 0.2) is 5.82 Å². The number of aromatic amines is 1. The van der Waals surface area contributed by atoms with Crippen molar-refractivity contribution in [2.24, 2.45) is 0 Å². The van der Waals surface area contributed by atoms with Gasteiger partial charge in [0.05, 0.1) is 29.6 Å². The Balaban J connectivity index is 1.26. The molecule has 5 aromatic rings. The zero-order valence-electron chi connectivity index (χ0n) is 21.1. The van der Waals surface area contributed by atoms with Gasteiger partial charge in [0, 0.05) is 39.2 Å². The molecule has 40 heavy (non-hydrogen) atoms. The predicted molar refractivity (Wildman–Crippen MR) is 155 cm³/mol. The number of aromatic nitrogens is 4. The number of nitrogens with one attached hydrogen (secondary N) is 3. The Bertz CT molecular complexity index is 1690. The zero-order valence-corrected chi connectivity index (χ0v) is 22.6. The van der Waals surface area contributed by atoms with Crippen LogP contribution in [0.2, 0.25) is 10.0 Å². The van der Waals surface area contributed by atoms with E-state index in [-0.39, 0.29) is 12.3 Å². The lowest BCUT2D eigenvalue weighted by molar-refractivity contribution is -0.129. The van der Waals surface area contributed by atoms with Crippen LogP contribution in [-0.4, -0.2) is 36.8 Å². The molecule has 0 bridgehead atoms. The highest BCUT2D eigenvalue weighted by molar-refractivity contribution is 6.36. The van der Waals surface area contributed by atoms with E-state index in [0.29, 0.717) is 34.4 Å². The number of anilines is 1. The fourth-order valence-corrected chi connectivity index (χ4v) is 4.68. The average Bonchev–Trinajstić information content (AvgIpc) is 3.60. The number of H-pyrrole nitrogens is 1. The number of nitrogens with zero attached hydrogens (tertiary/aromatic N) is 3. The van der Waals surface area contributed by atoms with Crippen molar-refractivity contribution >= 4 is 57.9 Å². The highest BCUT2D eigenvalue weighted by Crippen LogP contribution is 2.28. The maximum atomic E-state index is 12.8. The molecule has 0 atom stereocenters. The maximum Gasteiger partial charge on any atom is 0.256 e. The van der Waals surface area contributed by atoms with Gasteiger partial charge in [-0.3, -0.25) is 19.9 Å². The van der Waals surface area contributed by atoms with Gasteiger partial charge < -0.3 is 9.88 Å². The fraction of sp³-hybridized carbons (Fsp3) is 0.103. The number of allylic oxidation sites excluding steroid dienone is 1. The van der Waals surface area contributed by atoms with E-state index in [1.807, 2.05) is 65.3 Å². The molecular weight excluding hydrogens is 551 g/mol. The molecule has 2 amide bonds. The quantitative estimate of drug-likeness (QED) is 0.121. The Morgan fingerprint density at radius 3 is 2.55 bits per heavy atom. The van der Waals surface area contributed by atoms with Crippen molar-refractivity contribution in [1.82, 2.24) is 25.2 Å². The van der Waals surface area contributed by atoms with Crippen LogP contribution in [-0.2, 0) is 11.3 Å². The van der Waals surface area contributed by atoms with Gasteiger partial charge >= 0.3 is 0 Å². The molecule has 0 aliphatic heterocycles. The largest absolute Gasteiger partial charge is 0.326 e. The van der Waals surface area contributed by atoms with Gasteiger partial charge in [0.25, 0.3) is 5.91 Å². The molecule has 0 aliphatic carbocycles. The third-order valence-electron chi connectivity index (χ3n) is 6.29. The summed E-state index contributed by atoms with van der Waals surface area (Å²) in [6.45, 7) is 0.470. The Morgan fingerprint density at radius 2 is 1.80 bits per heavy atom. The molecular formula is C29H24Cl2N6O3. The lowest BCUT2D eigenvalue weighted by Gasteiger charge is -2.09. The summed E-state index contributed by atoms with van der Waals surface area (Å²) in [5.41, 5.74) is 7.11. The number of benzene rings is 3. The average molecular weight is 575 g/mol. The molecule has 3 aromatic carbocycles. The lowest BCUT2D eigenvalue weighted by Crippen LogP contribution is -2.17. The summed E-state index contributed by atoms with van der Waals surface area (Å²) in [5.74, 6) is -0.343. The highest BCUT2D eigenvalue weighted by Gasteiger charge is 2.13. The van der Waals surface area contributed by atoms with Gasteiger partial charge in [0.2, 0.25) is 5.91 Å². The molecule has 0 aliphatic rings. The lowest BCUT2D eigenvalue weighted by atomic mass is 10.1. The van der Waals surface area contributed by atoms with Crippen molar-refractivity contribution in [3.63, 3.8) is 0 Å². The smallest absolute Gasteiger partial charge is 0.256 e. The van der Waals surface area contributed by atoms with Crippen LogP contribution in [0.4, 0.5) is 5.82 Å². The molecule has 202 valence electrons. The third kappa shape index (κ3) is 6.23. The molecule has 9 nitrogen and oxygen atoms in total. The molecule has 2 heterocycles. The fourth-order valence-electron chi connectivity index (χ4n) is 4.16. The Labute approximate surface area is 239 Å².